The largest absolute Gasteiger partial charge is 0.409 e. The van der Waals surface area contributed by atoms with Crippen LogP contribution in [0.2, 0.25) is 0 Å². The van der Waals surface area contributed by atoms with Crippen LogP contribution in [0.3, 0.4) is 0 Å². The van der Waals surface area contributed by atoms with E-state index < -0.39 is 5.60 Å². The highest BCUT2D eigenvalue weighted by Crippen LogP contribution is 2.24. The topological polar surface area (TPSA) is 91.3 Å². The molecule has 0 spiro atoms. The zero-order valence-electron chi connectivity index (χ0n) is 11.6. The molecule has 1 aliphatic heterocycles. The van der Waals surface area contributed by atoms with Crippen molar-refractivity contribution in [3.8, 4) is 0 Å². The van der Waals surface area contributed by atoms with Crippen molar-refractivity contribution in [2.75, 3.05) is 31.7 Å². The van der Waals surface area contributed by atoms with Gasteiger partial charge in [0.05, 0.1) is 5.60 Å². The molecule has 0 bridgehead atoms. The van der Waals surface area contributed by atoms with Crippen LogP contribution in [0.5, 0.6) is 0 Å². The molecule has 2 rings (SSSR count). The van der Waals surface area contributed by atoms with Crippen LogP contribution in [0, 0.1) is 0 Å². The molecule has 6 heteroatoms. The van der Waals surface area contributed by atoms with Crippen molar-refractivity contribution < 1.29 is 15.1 Å². The summed E-state index contributed by atoms with van der Waals surface area (Å²) < 4.78 is 5.28. The van der Waals surface area contributed by atoms with Gasteiger partial charge < -0.3 is 25.7 Å². The van der Waals surface area contributed by atoms with Crippen molar-refractivity contribution in [1.82, 2.24) is 0 Å². The van der Waals surface area contributed by atoms with Crippen LogP contribution < -0.4 is 10.6 Å². The molecule has 1 fully saturated rings. The molecule has 0 atom stereocenters. The van der Waals surface area contributed by atoms with Gasteiger partial charge in [0.25, 0.3) is 0 Å². The average molecular weight is 279 g/mol. The van der Waals surface area contributed by atoms with E-state index in [4.69, 9.17) is 15.7 Å². The Morgan fingerprint density at radius 2 is 1.95 bits per heavy atom. The standard InChI is InChI=1S/C14H21N3O3/c1-17(10-14(18)6-8-20-9-7-14)12-4-2-11(3-5-12)13(15)16-19/h2-5,18-19H,6-10H2,1H3,(H2,15,16). The van der Waals surface area contributed by atoms with Crippen LogP contribution in [0.4, 0.5) is 5.69 Å². The molecule has 0 radical (unpaired) electrons. The second-order valence-corrected chi connectivity index (χ2v) is 5.22. The van der Waals surface area contributed by atoms with E-state index in [-0.39, 0.29) is 5.84 Å². The summed E-state index contributed by atoms with van der Waals surface area (Å²) in [6.07, 6.45) is 1.30. The first kappa shape index (κ1) is 14.6. The van der Waals surface area contributed by atoms with Crippen molar-refractivity contribution in [1.29, 1.82) is 0 Å². The van der Waals surface area contributed by atoms with Gasteiger partial charge in [-0.05, 0) is 24.3 Å². The second-order valence-electron chi connectivity index (χ2n) is 5.22. The summed E-state index contributed by atoms with van der Waals surface area (Å²) in [5, 5.41) is 22.1. The molecule has 4 N–H and O–H groups in total. The number of benzene rings is 1. The Hall–Kier alpha value is -1.79. The molecule has 1 aromatic carbocycles. The van der Waals surface area contributed by atoms with Gasteiger partial charge in [0, 0.05) is 50.9 Å². The third-order valence-electron chi connectivity index (χ3n) is 3.67. The molecule has 0 saturated carbocycles. The Bertz CT molecular complexity index is 467. The number of hydrogen-bond acceptors (Lipinski definition) is 5. The van der Waals surface area contributed by atoms with E-state index in [0.717, 1.165) is 5.69 Å². The fourth-order valence-electron chi connectivity index (χ4n) is 2.39. The maximum Gasteiger partial charge on any atom is 0.170 e. The minimum Gasteiger partial charge on any atom is -0.409 e. The number of oxime groups is 1. The Morgan fingerprint density at radius 3 is 2.50 bits per heavy atom. The van der Waals surface area contributed by atoms with Gasteiger partial charge in [-0.15, -0.1) is 0 Å². The number of aliphatic hydroxyl groups is 1. The number of nitrogens with two attached hydrogens (primary N) is 1. The van der Waals surface area contributed by atoms with Crippen molar-refractivity contribution >= 4 is 11.5 Å². The zero-order valence-corrected chi connectivity index (χ0v) is 11.6. The lowest BCUT2D eigenvalue weighted by atomic mass is 9.94. The van der Waals surface area contributed by atoms with Crippen LogP contribution in [-0.2, 0) is 4.74 Å². The number of hydrogen-bond donors (Lipinski definition) is 3. The van der Waals surface area contributed by atoms with E-state index in [2.05, 4.69) is 5.16 Å². The van der Waals surface area contributed by atoms with Gasteiger partial charge in [-0.2, -0.15) is 0 Å². The number of likely N-dealkylation sites (N-methyl/N-ethyl adjacent to an activating group) is 1. The summed E-state index contributed by atoms with van der Waals surface area (Å²) in [4.78, 5) is 2.00. The maximum atomic E-state index is 10.5. The summed E-state index contributed by atoms with van der Waals surface area (Å²) in [7, 11) is 1.94. The highest BCUT2D eigenvalue weighted by molar-refractivity contribution is 5.97. The Kier molecular flexibility index (Phi) is 4.46. The molecule has 6 nitrogen and oxygen atoms in total. The molecule has 1 saturated heterocycles. The van der Waals surface area contributed by atoms with Gasteiger partial charge in [-0.3, -0.25) is 0 Å². The molecule has 1 aliphatic rings. The van der Waals surface area contributed by atoms with Crippen LogP contribution in [0.15, 0.2) is 29.4 Å². The maximum absolute atomic E-state index is 10.5. The minimum atomic E-state index is -0.697. The summed E-state index contributed by atoms with van der Waals surface area (Å²) in [5.74, 6) is 0.0854. The Balaban J connectivity index is 2.03. The lowest BCUT2D eigenvalue weighted by molar-refractivity contribution is -0.0572. The van der Waals surface area contributed by atoms with Crippen LogP contribution >= 0.6 is 0 Å². The van der Waals surface area contributed by atoms with Gasteiger partial charge in [-0.1, -0.05) is 5.16 Å². The van der Waals surface area contributed by atoms with E-state index in [0.29, 0.717) is 38.2 Å². The summed E-state index contributed by atoms with van der Waals surface area (Å²) in [6, 6.07) is 7.34. The molecular formula is C14H21N3O3. The van der Waals surface area contributed by atoms with E-state index in [1.54, 1.807) is 12.1 Å². The number of anilines is 1. The summed E-state index contributed by atoms with van der Waals surface area (Å²) in [6.45, 7) is 1.76. The lowest BCUT2D eigenvalue weighted by Crippen LogP contribution is -2.45. The Morgan fingerprint density at radius 1 is 1.35 bits per heavy atom. The van der Waals surface area contributed by atoms with E-state index >= 15 is 0 Å². The van der Waals surface area contributed by atoms with E-state index in [1.165, 1.54) is 0 Å². The first-order valence-electron chi connectivity index (χ1n) is 6.63. The molecule has 0 unspecified atom stereocenters. The summed E-state index contributed by atoms with van der Waals surface area (Å²) in [5.41, 5.74) is 6.46. The third-order valence-corrected chi connectivity index (χ3v) is 3.67. The first-order chi connectivity index (χ1) is 9.54. The lowest BCUT2D eigenvalue weighted by Gasteiger charge is -2.36. The van der Waals surface area contributed by atoms with Crippen molar-refractivity contribution in [3.05, 3.63) is 29.8 Å². The van der Waals surface area contributed by atoms with Crippen LogP contribution in [0.25, 0.3) is 0 Å². The molecular weight excluding hydrogens is 258 g/mol. The van der Waals surface area contributed by atoms with Gasteiger partial charge in [0.2, 0.25) is 0 Å². The van der Waals surface area contributed by atoms with Crippen molar-refractivity contribution in [2.45, 2.75) is 18.4 Å². The fraction of sp³-hybridized carbons (Fsp3) is 0.500. The SMILES string of the molecule is CN(CC1(O)CCOCC1)c1ccc(/C(N)=N/O)cc1. The molecule has 20 heavy (non-hydrogen) atoms. The predicted octanol–water partition coefficient (Wildman–Crippen LogP) is 0.759. The van der Waals surface area contributed by atoms with Gasteiger partial charge in [0.1, 0.15) is 0 Å². The number of rotatable bonds is 4. The number of ether oxygens (including phenoxy) is 1. The quantitative estimate of drug-likeness (QED) is 0.327. The van der Waals surface area contributed by atoms with Crippen LogP contribution in [0.1, 0.15) is 18.4 Å². The Labute approximate surface area is 118 Å². The minimum absolute atomic E-state index is 0.0854. The molecule has 0 amide bonds. The number of amidine groups is 1. The molecule has 1 aromatic rings. The van der Waals surface area contributed by atoms with E-state index in [1.807, 2.05) is 24.1 Å². The molecule has 0 aromatic heterocycles. The van der Waals surface area contributed by atoms with Gasteiger partial charge >= 0.3 is 0 Å². The molecule has 110 valence electrons. The highest BCUT2D eigenvalue weighted by atomic mass is 16.5. The van der Waals surface area contributed by atoms with Gasteiger partial charge in [-0.25, -0.2) is 0 Å². The van der Waals surface area contributed by atoms with Gasteiger partial charge in [0.15, 0.2) is 5.84 Å². The summed E-state index contributed by atoms with van der Waals surface area (Å²) >= 11 is 0. The number of nitrogens with zero attached hydrogens (tertiary/aromatic N) is 2. The molecule has 1 heterocycles. The van der Waals surface area contributed by atoms with E-state index in [9.17, 15) is 5.11 Å². The third kappa shape index (κ3) is 3.40. The normalized spacial score (nSPS) is 18.8. The second kappa shape index (κ2) is 6.11. The van der Waals surface area contributed by atoms with Crippen molar-refractivity contribution in [3.63, 3.8) is 0 Å². The average Bonchev–Trinajstić information content (AvgIpc) is 2.47. The first-order valence-corrected chi connectivity index (χ1v) is 6.63. The zero-order chi connectivity index (χ0) is 14.6. The fourth-order valence-corrected chi connectivity index (χ4v) is 2.39. The highest BCUT2D eigenvalue weighted by Gasteiger charge is 2.31. The predicted molar refractivity (Wildman–Crippen MR) is 77.2 cm³/mol. The molecule has 0 aliphatic carbocycles. The van der Waals surface area contributed by atoms with Crippen LogP contribution in [-0.4, -0.2) is 48.6 Å². The smallest absolute Gasteiger partial charge is 0.170 e. The van der Waals surface area contributed by atoms with Crippen molar-refractivity contribution in [2.24, 2.45) is 10.9 Å². The monoisotopic (exact) mass is 279 g/mol.